The first-order chi connectivity index (χ1) is 6.65. The lowest BCUT2D eigenvalue weighted by Crippen LogP contribution is -2.23. The van der Waals surface area contributed by atoms with Gasteiger partial charge in [0, 0.05) is 13.6 Å². The molecule has 0 atom stereocenters. The fraction of sp³-hybridized carbons (Fsp3) is 0.375. The highest BCUT2D eigenvalue weighted by molar-refractivity contribution is 5.90. The summed E-state index contributed by atoms with van der Waals surface area (Å²) in [5, 5.41) is 16.1. The van der Waals surface area contributed by atoms with Crippen LogP contribution in [-0.2, 0) is 0 Å². The van der Waals surface area contributed by atoms with E-state index in [9.17, 15) is 4.79 Å². The number of primary amides is 1. The molecule has 0 radical (unpaired) electrons. The summed E-state index contributed by atoms with van der Waals surface area (Å²) in [5.74, 6) is -0.0158. The lowest BCUT2D eigenvalue weighted by molar-refractivity contribution is 0.0994. The van der Waals surface area contributed by atoms with Gasteiger partial charge < -0.3 is 15.7 Å². The van der Waals surface area contributed by atoms with Crippen LogP contribution in [0.25, 0.3) is 0 Å². The second-order valence-corrected chi connectivity index (χ2v) is 2.79. The predicted octanol–water partition coefficient (Wildman–Crippen LogP) is -0.996. The van der Waals surface area contributed by atoms with Crippen molar-refractivity contribution < 1.29 is 9.90 Å². The van der Waals surface area contributed by atoms with E-state index in [-0.39, 0.29) is 12.3 Å². The average molecular weight is 196 g/mol. The molecule has 0 saturated carbocycles. The minimum absolute atomic E-state index is 0.0375. The van der Waals surface area contributed by atoms with Crippen LogP contribution in [0, 0.1) is 0 Å². The van der Waals surface area contributed by atoms with Crippen molar-refractivity contribution in [3.63, 3.8) is 0 Å². The van der Waals surface area contributed by atoms with Gasteiger partial charge in [-0.15, -0.1) is 10.2 Å². The van der Waals surface area contributed by atoms with Crippen LogP contribution in [0.3, 0.4) is 0 Å². The summed E-state index contributed by atoms with van der Waals surface area (Å²) < 4.78 is 0. The Labute approximate surface area is 81.4 Å². The highest BCUT2D eigenvalue weighted by Gasteiger charge is 2.05. The van der Waals surface area contributed by atoms with Crippen molar-refractivity contribution >= 4 is 11.7 Å². The summed E-state index contributed by atoms with van der Waals surface area (Å²) in [4.78, 5) is 12.4. The third-order valence-corrected chi connectivity index (χ3v) is 1.73. The zero-order valence-electron chi connectivity index (χ0n) is 7.84. The summed E-state index contributed by atoms with van der Waals surface area (Å²) in [6, 6.07) is 3.13. The molecule has 0 aromatic carbocycles. The van der Waals surface area contributed by atoms with Crippen molar-refractivity contribution in [3.8, 4) is 0 Å². The Morgan fingerprint density at radius 2 is 2.29 bits per heavy atom. The van der Waals surface area contributed by atoms with Crippen LogP contribution >= 0.6 is 0 Å². The molecule has 0 aliphatic carbocycles. The van der Waals surface area contributed by atoms with Gasteiger partial charge in [-0.3, -0.25) is 4.79 Å². The van der Waals surface area contributed by atoms with Crippen LogP contribution < -0.4 is 10.6 Å². The quantitative estimate of drug-likeness (QED) is 0.644. The summed E-state index contributed by atoms with van der Waals surface area (Å²) in [6.45, 7) is 0.500. The predicted molar refractivity (Wildman–Crippen MR) is 50.9 cm³/mol. The molecule has 14 heavy (non-hydrogen) atoms. The number of likely N-dealkylation sites (N-methyl/N-ethyl adjacent to an activating group) is 1. The van der Waals surface area contributed by atoms with E-state index in [0.717, 1.165) is 0 Å². The molecule has 6 nitrogen and oxygen atoms in total. The molecule has 3 N–H and O–H groups in total. The van der Waals surface area contributed by atoms with Gasteiger partial charge in [-0.1, -0.05) is 0 Å². The maximum atomic E-state index is 10.7. The third-order valence-electron chi connectivity index (χ3n) is 1.73. The fourth-order valence-electron chi connectivity index (χ4n) is 0.925. The number of hydrogen-bond acceptors (Lipinski definition) is 5. The van der Waals surface area contributed by atoms with E-state index >= 15 is 0 Å². The van der Waals surface area contributed by atoms with E-state index in [1.54, 1.807) is 18.0 Å². The number of aliphatic hydroxyl groups is 1. The number of nitrogens with two attached hydrogens (primary N) is 1. The summed E-state index contributed by atoms with van der Waals surface area (Å²) in [6.07, 6.45) is 0. The topological polar surface area (TPSA) is 92.3 Å². The number of rotatable bonds is 4. The van der Waals surface area contributed by atoms with E-state index in [4.69, 9.17) is 10.8 Å². The Morgan fingerprint density at radius 3 is 2.71 bits per heavy atom. The van der Waals surface area contributed by atoms with Gasteiger partial charge in [0.2, 0.25) is 0 Å². The monoisotopic (exact) mass is 196 g/mol. The van der Waals surface area contributed by atoms with Crippen molar-refractivity contribution in [3.05, 3.63) is 17.8 Å². The molecule has 1 aromatic heterocycles. The molecule has 76 valence electrons. The molecule has 1 rings (SSSR count). The van der Waals surface area contributed by atoms with Crippen molar-refractivity contribution in [1.29, 1.82) is 0 Å². The number of carbonyl (C=O) groups excluding carboxylic acids is 1. The first-order valence-corrected chi connectivity index (χ1v) is 4.10. The van der Waals surface area contributed by atoms with Gasteiger partial charge in [-0.05, 0) is 12.1 Å². The van der Waals surface area contributed by atoms with Crippen molar-refractivity contribution in [2.45, 2.75) is 0 Å². The molecule has 0 fully saturated rings. The van der Waals surface area contributed by atoms with Crippen LogP contribution in [0.4, 0.5) is 5.82 Å². The maximum Gasteiger partial charge on any atom is 0.269 e. The van der Waals surface area contributed by atoms with Crippen LogP contribution in [-0.4, -0.2) is 41.4 Å². The molecule has 0 aliphatic rings. The van der Waals surface area contributed by atoms with Crippen LogP contribution in [0.2, 0.25) is 0 Å². The van der Waals surface area contributed by atoms with Gasteiger partial charge in [0.1, 0.15) is 0 Å². The Morgan fingerprint density at radius 1 is 1.57 bits per heavy atom. The maximum absolute atomic E-state index is 10.7. The van der Waals surface area contributed by atoms with Gasteiger partial charge in [-0.25, -0.2) is 0 Å². The number of amides is 1. The highest BCUT2D eigenvalue weighted by Crippen LogP contribution is 2.06. The Bertz CT molecular complexity index is 312. The Kier molecular flexibility index (Phi) is 3.35. The SMILES string of the molecule is CN(CCO)c1ccc(C(N)=O)nn1. The Hall–Kier alpha value is -1.69. The van der Waals surface area contributed by atoms with E-state index < -0.39 is 5.91 Å². The van der Waals surface area contributed by atoms with Crippen molar-refractivity contribution in [2.75, 3.05) is 25.1 Å². The second-order valence-electron chi connectivity index (χ2n) is 2.79. The van der Waals surface area contributed by atoms with E-state index in [0.29, 0.717) is 12.4 Å². The van der Waals surface area contributed by atoms with Gasteiger partial charge in [0.05, 0.1) is 6.61 Å². The van der Waals surface area contributed by atoms with E-state index in [2.05, 4.69) is 10.2 Å². The molecular formula is C8H12N4O2. The number of hydrogen-bond donors (Lipinski definition) is 2. The van der Waals surface area contributed by atoms with E-state index in [1.165, 1.54) is 6.07 Å². The van der Waals surface area contributed by atoms with Gasteiger partial charge >= 0.3 is 0 Å². The second kappa shape index (κ2) is 4.52. The van der Waals surface area contributed by atoms with Crippen LogP contribution in [0.1, 0.15) is 10.5 Å². The molecule has 1 heterocycles. The number of carbonyl (C=O) groups is 1. The highest BCUT2D eigenvalue weighted by atomic mass is 16.3. The van der Waals surface area contributed by atoms with Gasteiger partial charge in [-0.2, -0.15) is 0 Å². The number of nitrogens with zero attached hydrogens (tertiary/aromatic N) is 3. The number of aromatic nitrogens is 2. The summed E-state index contributed by atoms with van der Waals surface area (Å²) in [5.41, 5.74) is 5.13. The van der Waals surface area contributed by atoms with Crippen molar-refractivity contribution in [1.82, 2.24) is 10.2 Å². The molecule has 0 aliphatic heterocycles. The molecule has 1 aromatic rings. The lowest BCUT2D eigenvalue weighted by Gasteiger charge is -2.15. The molecule has 0 saturated heterocycles. The Balaban J connectivity index is 2.77. The largest absolute Gasteiger partial charge is 0.395 e. The lowest BCUT2D eigenvalue weighted by atomic mass is 10.3. The number of aliphatic hydroxyl groups excluding tert-OH is 1. The van der Waals surface area contributed by atoms with Gasteiger partial charge in [0.25, 0.3) is 5.91 Å². The van der Waals surface area contributed by atoms with Crippen LogP contribution in [0.5, 0.6) is 0 Å². The standard InChI is InChI=1S/C8H12N4O2/c1-12(4-5-13)7-3-2-6(8(9)14)10-11-7/h2-3,13H,4-5H2,1H3,(H2,9,14). The van der Waals surface area contributed by atoms with Gasteiger partial charge in [0.15, 0.2) is 11.5 Å². The zero-order chi connectivity index (χ0) is 10.6. The van der Waals surface area contributed by atoms with E-state index in [1.807, 2.05) is 0 Å². The smallest absolute Gasteiger partial charge is 0.269 e. The molecule has 6 heteroatoms. The molecule has 0 bridgehead atoms. The molecular weight excluding hydrogens is 184 g/mol. The van der Waals surface area contributed by atoms with Crippen molar-refractivity contribution in [2.24, 2.45) is 5.73 Å². The first kappa shape index (κ1) is 10.4. The normalized spacial score (nSPS) is 9.86. The first-order valence-electron chi connectivity index (χ1n) is 4.10. The zero-order valence-corrected chi connectivity index (χ0v) is 7.84. The third kappa shape index (κ3) is 2.40. The molecule has 1 amide bonds. The summed E-state index contributed by atoms with van der Waals surface area (Å²) >= 11 is 0. The molecule has 0 spiro atoms. The fourth-order valence-corrected chi connectivity index (χ4v) is 0.925. The minimum atomic E-state index is -0.603. The molecule has 0 unspecified atom stereocenters. The van der Waals surface area contributed by atoms with Crippen LogP contribution in [0.15, 0.2) is 12.1 Å². The average Bonchev–Trinajstić information content (AvgIpc) is 2.18. The number of anilines is 1. The minimum Gasteiger partial charge on any atom is -0.395 e. The summed E-state index contributed by atoms with van der Waals surface area (Å²) in [7, 11) is 1.77.